The molecule has 0 aliphatic carbocycles. The van der Waals surface area contributed by atoms with Gasteiger partial charge in [0.1, 0.15) is 6.33 Å². The zero-order chi connectivity index (χ0) is 16.8. The van der Waals surface area contributed by atoms with Crippen LogP contribution in [-0.4, -0.2) is 29.4 Å². The Labute approximate surface area is 147 Å². The Morgan fingerprint density at radius 3 is 2.60 bits per heavy atom. The third-order valence-corrected chi connectivity index (χ3v) is 4.29. The summed E-state index contributed by atoms with van der Waals surface area (Å²) in [5.74, 6) is 0.694. The molecule has 0 radical (unpaired) electrons. The minimum absolute atomic E-state index is 0.653. The Hall–Kier alpha value is -3.25. The van der Waals surface area contributed by atoms with Crippen molar-refractivity contribution in [1.82, 2.24) is 29.4 Å². The van der Waals surface area contributed by atoms with E-state index in [0.717, 1.165) is 22.3 Å². The van der Waals surface area contributed by atoms with Gasteiger partial charge in [0.25, 0.3) is 0 Å². The second-order valence-corrected chi connectivity index (χ2v) is 6.04. The van der Waals surface area contributed by atoms with Gasteiger partial charge in [-0.25, -0.2) is 9.67 Å². The lowest BCUT2D eigenvalue weighted by Gasteiger charge is -2.03. The molecule has 6 nitrogen and oxygen atoms in total. The number of hydrogen-bond donors (Lipinski definition) is 0. The first-order valence-corrected chi connectivity index (χ1v) is 8.08. The average molecular weight is 347 g/mol. The number of benzene rings is 2. The van der Waals surface area contributed by atoms with E-state index in [4.69, 9.17) is 11.6 Å². The molecule has 0 bridgehead atoms. The summed E-state index contributed by atoms with van der Waals surface area (Å²) in [7, 11) is 0. The van der Waals surface area contributed by atoms with Gasteiger partial charge in [-0.1, -0.05) is 41.9 Å². The van der Waals surface area contributed by atoms with Gasteiger partial charge in [-0.15, -0.1) is 10.2 Å². The summed E-state index contributed by atoms with van der Waals surface area (Å²) >= 11 is 6.09. The smallest absolute Gasteiger partial charge is 0.175 e. The quantitative estimate of drug-likeness (QED) is 0.488. The molecule has 2 aromatic carbocycles. The second-order valence-electron chi connectivity index (χ2n) is 5.60. The molecule has 3 aromatic heterocycles. The molecule has 0 saturated heterocycles. The van der Waals surface area contributed by atoms with E-state index in [1.807, 2.05) is 59.0 Å². The maximum absolute atomic E-state index is 6.09. The number of rotatable bonds is 2. The first-order chi connectivity index (χ1) is 12.3. The van der Waals surface area contributed by atoms with E-state index in [0.29, 0.717) is 16.5 Å². The minimum Gasteiger partial charge on any atom is -0.265 e. The van der Waals surface area contributed by atoms with Crippen molar-refractivity contribution >= 4 is 28.3 Å². The van der Waals surface area contributed by atoms with Crippen molar-refractivity contribution in [1.29, 1.82) is 0 Å². The van der Waals surface area contributed by atoms with Crippen molar-refractivity contribution in [2.45, 2.75) is 0 Å². The first kappa shape index (κ1) is 14.1. The molecule has 0 amide bonds. The normalized spacial score (nSPS) is 11.4. The van der Waals surface area contributed by atoms with E-state index in [2.05, 4.69) is 20.3 Å². The van der Waals surface area contributed by atoms with Crippen molar-refractivity contribution in [3.63, 3.8) is 0 Å². The first-order valence-electron chi connectivity index (χ1n) is 7.70. The van der Waals surface area contributed by atoms with E-state index in [-0.39, 0.29) is 0 Å². The van der Waals surface area contributed by atoms with Gasteiger partial charge in [-0.3, -0.25) is 4.40 Å². The highest BCUT2D eigenvalue weighted by Gasteiger charge is 2.15. The van der Waals surface area contributed by atoms with Gasteiger partial charge in [-0.2, -0.15) is 5.10 Å². The van der Waals surface area contributed by atoms with Crippen molar-refractivity contribution in [3.05, 3.63) is 72.1 Å². The fourth-order valence-corrected chi connectivity index (χ4v) is 3.09. The Balaban J connectivity index is 1.74. The lowest BCUT2D eigenvalue weighted by atomic mass is 10.2. The Morgan fingerprint density at radius 1 is 0.880 bits per heavy atom. The Morgan fingerprint density at radius 2 is 1.76 bits per heavy atom. The maximum atomic E-state index is 6.09. The average Bonchev–Trinajstić information content (AvgIpc) is 3.26. The molecular weight excluding hydrogens is 336 g/mol. The summed E-state index contributed by atoms with van der Waals surface area (Å²) in [4.78, 5) is 4.58. The lowest BCUT2D eigenvalue weighted by Crippen LogP contribution is -1.98. The van der Waals surface area contributed by atoms with Crippen LogP contribution in [0.3, 0.4) is 0 Å². The topological polar surface area (TPSA) is 60.9 Å². The van der Waals surface area contributed by atoms with E-state index < -0.39 is 0 Å². The van der Waals surface area contributed by atoms with Crippen LogP contribution < -0.4 is 0 Å². The molecule has 3 heterocycles. The molecule has 25 heavy (non-hydrogen) atoms. The van der Waals surface area contributed by atoms with Crippen molar-refractivity contribution in [2.75, 3.05) is 0 Å². The number of para-hydroxylation sites is 1. The zero-order valence-corrected chi connectivity index (χ0v) is 13.7. The van der Waals surface area contributed by atoms with Crippen LogP contribution in [0.25, 0.3) is 33.8 Å². The molecule has 0 aliphatic rings. The SMILES string of the molecule is Clc1cccc(-c2nnc3c4cnn(-c5ccccc5)c4ncn23)c1. The molecule has 5 rings (SSSR count). The zero-order valence-electron chi connectivity index (χ0n) is 12.9. The van der Waals surface area contributed by atoms with Gasteiger partial charge in [0.05, 0.1) is 17.3 Å². The number of hydrogen-bond acceptors (Lipinski definition) is 4. The van der Waals surface area contributed by atoms with Gasteiger partial charge >= 0.3 is 0 Å². The van der Waals surface area contributed by atoms with Gasteiger partial charge in [0.2, 0.25) is 0 Å². The van der Waals surface area contributed by atoms with E-state index in [9.17, 15) is 0 Å². The Kier molecular flexibility index (Phi) is 3.05. The molecule has 0 unspecified atom stereocenters. The highest BCUT2D eigenvalue weighted by Crippen LogP contribution is 2.25. The van der Waals surface area contributed by atoms with Crippen LogP contribution in [0.5, 0.6) is 0 Å². The number of nitrogens with zero attached hydrogens (tertiary/aromatic N) is 6. The lowest BCUT2D eigenvalue weighted by molar-refractivity contribution is 0.893. The number of aromatic nitrogens is 6. The standard InChI is InChI=1S/C18H11ClN6/c19-13-6-4-5-12(9-13)16-22-23-18-15-10-21-25(14-7-2-1-3-8-14)17(15)20-11-24(16)18/h1-11H. The third kappa shape index (κ3) is 2.19. The van der Waals surface area contributed by atoms with Gasteiger partial charge < -0.3 is 0 Å². The predicted octanol–water partition coefficient (Wildman–Crippen LogP) is 3.78. The summed E-state index contributed by atoms with van der Waals surface area (Å²) in [5.41, 5.74) is 3.28. The predicted molar refractivity (Wildman–Crippen MR) is 95.9 cm³/mol. The fourth-order valence-electron chi connectivity index (χ4n) is 2.90. The summed E-state index contributed by atoms with van der Waals surface area (Å²) < 4.78 is 3.65. The molecule has 0 N–H and O–H groups in total. The van der Waals surface area contributed by atoms with Crippen molar-refractivity contribution < 1.29 is 0 Å². The van der Waals surface area contributed by atoms with Gasteiger partial charge in [0, 0.05) is 10.6 Å². The van der Waals surface area contributed by atoms with E-state index in [1.165, 1.54) is 0 Å². The molecule has 0 aliphatic heterocycles. The molecule has 120 valence electrons. The van der Waals surface area contributed by atoms with Crippen LogP contribution in [0.2, 0.25) is 5.02 Å². The summed E-state index contributed by atoms with van der Waals surface area (Å²) in [6, 6.07) is 17.4. The Bertz CT molecular complexity index is 1210. The van der Waals surface area contributed by atoms with Crippen molar-refractivity contribution in [2.24, 2.45) is 0 Å². The van der Waals surface area contributed by atoms with E-state index in [1.54, 1.807) is 17.2 Å². The van der Waals surface area contributed by atoms with Crippen LogP contribution in [0, 0.1) is 0 Å². The van der Waals surface area contributed by atoms with Gasteiger partial charge in [-0.05, 0) is 24.3 Å². The summed E-state index contributed by atoms with van der Waals surface area (Å²) in [5, 5.41) is 14.6. The summed E-state index contributed by atoms with van der Waals surface area (Å²) in [6.45, 7) is 0. The highest BCUT2D eigenvalue weighted by atomic mass is 35.5. The van der Waals surface area contributed by atoms with Crippen molar-refractivity contribution in [3.8, 4) is 17.1 Å². The monoisotopic (exact) mass is 346 g/mol. The van der Waals surface area contributed by atoms with Crippen LogP contribution >= 0.6 is 11.6 Å². The second kappa shape index (κ2) is 5.39. The van der Waals surface area contributed by atoms with Crippen LogP contribution in [-0.2, 0) is 0 Å². The molecule has 0 saturated carbocycles. The largest absolute Gasteiger partial charge is 0.265 e. The van der Waals surface area contributed by atoms with Crippen LogP contribution in [0.15, 0.2) is 67.1 Å². The molecule has 0 spiro atoms. The molecule has 0 fully saturated rings. The maximum Gasteiger partial charge on any atom is 0.175 e. The number of fused-ring (bicyclic) bond motifs is 3. The van der Waals surface area contributed by atoms with E-state index >= 15 is 0 Å². The fraction of sp³-hybridized carbons (Fsp3) is 0. The highest BCUT2D eigenvalue weighted by molar-refractivity contribution is 6.30. The molecular formula is C18H11ClN6. The molecule has 5 aromatic rings. The molecule has 0 atom stereocenters. The minimum atomic E-state index is 0.653. The summed E-state index contributed by atoms with van der Waals surface area (Å²) in [6.07, 6.45) is 3.48. The van der Waals surface area contributed by atoms with Gasteiger partial charge in [0.15, 0.2) is 17.1 Å². The molecule has 7 heteroatoms. The third-order valence-electron chi connectivity index (χ3n) is 4.06. The van der Waals surface area contributed by atoms with Crippen LogP contribution in [0.1, 0.15) is 0 Å². The number of halogens is 1. The van der Waals surface area contributed by atoms with Crippen LogP contribution in [0.4, 0.5) is 0 Å².